The minimum absolute atomic E-state index is 0. The second-order valence-electron chi connectivity index (χ2n) is 5.76. The first-order valence-electron chi connectivity index (χ1n) is 8.08. The van der Waals surface area contributed by atoms with Gasteiger partial charge in [0, 0.05) is 6.42 Å². The molecule has 8 heteroatoms. The van der Waals surface area contributed by atoms with Crippen LogP contribution in [0.5, 0.6) is 0 Å². The number of furan rings is 1. The maximum atomic E-state index is 12.2. The van der Waals surface area contributed by atoms with Gasteiger partial charge in [-0.2, -0.15) is 5.10 Å². The van der Waals surface area contributed by atoms with E-state index in [2.05, 4.69) is 22.3 Å². The van der Waals surface area contributed by atoms with E-state index in [1.54, 1.807) is 6.92 Å². The number of hydrogen-bond donors (Lipinski definition) is 2. The smallest absolute Gasteiger partial charge is 0.342 e. The van der Waals surface area contributed by atoms with E-state index in [0.717, 1.165) is 0 Å². The summed E-state index contributed by atoms with van der Waals surface area (Å²) in [5, 5.41) is 7.93. The van der Waals surface area contributed by atoms with Crippen LogP contribution in [0.1, 0.15) is 46.5 Å². The molecule has 0 bridgehead atoms. The van der Waals surface area contributed by atoms with Gasteiger partial charge in [-0.1, -0.05) is 30.3 Å². The van der Waals surface area contributed by atoms with E-state index in [9.17, 15) is 4.79 Å². The van der Waals surface area contributed by atoms with Gasteiger partial charge in [-0.05, 0) is 24.8 Å². The third-order valence-electron chi connectivity index (χ3n) is 4.08. The molecule has 4 N–H and O–H groups in total. The van der Waals surface area contributed by atoms with Crippen LogP contribution in [-0.2, 0) is 11.2 Å². The molecule has 7 nitrogen and oxygen atoms in total. The van der Waals surface area contributed by atoms with E-state index in [-0.39, 0.29) is 30.9 Å². The molecule has 26 heavy (non-hydrogen) atoms. The average molecular weight is 377 g/mol. The Labute approximate surface area is 157 Å². The third-order valence-corrected chi connectivity index (χ3v) is 4.08. The Kier molecular flexibility index (Phi) is 6.41. The summed E-state index contributed by atoms with van der Waals surface area (Å²) in [5.41, 5.74) is 13.6. The molecule has 1 aromatic carbocycles. The molecule has 3 rings (SSSR count). The van der Waals surface area contributed by atoms with Gasteiger partial charge in [-0.25, -0.2) is 4.79 Å². The molecule has 1 atom stereocenters. The van der Waals surface area contributed by atoms with Crippen molar-refractivity contribution >= 4 is 30.0 Å². The molecular weight excluding hydrogens is 356 g/mol. The van der Waals surface area contributed by atoms with Crippen LogP contribution in [0, 0.1) is 0 Å². The predicted molar refractivity (Wildman–Crippen MR) is 102 cm³/mol. The number of guanidine groups is 1. The van der Waals surface area contributed by atoms with Gasteiger partial charge < -0.3 is 20.6 Å². The number of fused-ring (bicyclic) bond motifs is 1. The number of esters is 1. The van der Waals surface area contributed by atoms with Gasteiger partial charge in [0.1, 0.15) is 17.6 Å². The second kappa shape index (κ2) is 8.53. The van der Waals surface area contributed by atoms with Crippen LogP contribution in [-0.4, -0.2) is 24.2 Å². The van der Waals surface area contributed by atoms with E-state index >= 15 is 0 Å². The Bertz CT molecular complexity index is 826. The summed E-state index contributed by atoms with van der Waals surface area (Å²) in [5.74, 6) is 0.274. The van der Waals surface area contributed by atoms with E-state index in [1.807, 2.05) is 18.2 Å². The minimum Gasteiger partial charge on any atom is -0.468 e. The van der Waals surface area contributed by atoms with Crippen LogP contribution in [0.25, 0.3) is 0 Å². The second-order valence-corrected chi connectivity index (χ2v) is 5.76. The number of nitrogens with zero attached hydrogens (tertiary/aromatic N) is 2. The van der Waals surface area contributed by atoms with Crippen molar-refractivity contribution in [1.82, 2.24) is 0 Å². The molecule has 0 saturated heterocycles. The highest BCUT2D eigenvalue weighted by molar-refractivity contribution is 6.10. The number of carbonyl (C=O) groups excluding carboxylic acids is 1. The van der Waals surface area contributed by atoms with Crippen LogP contribution in [0.4, 0.5) is 0 Å². The molecule has 1 aromatic heterocycles. The first-order valence-corrected chi connectivity index (χ1v) is 8.08. The summed E-state index contributed by atoms with van der Waals surface area (Å²) in [6, 6.07) is 10.1. The van der Waals surface area contributed by atoms with Crippen LogP contribution in [0.2, 0.25) is 0 Å². The van der Waals surface area contributed by atoms with Gasteiger partial charge >= 0.3 is 5.97 Å². The average Bonchev–Trinajstić information content (AvgIpc) is 3.04. The Morgan fingerprint density at radius 3 is 2.65 bits per heavy atom. The highest BCUT2D eigenvalue weighted by Crippen LogP contribution is 2.36. The molecule has 1 aliphatic carbocycles. The Morgan fingerprint density at radius 2 is 2.00 bits per heavy atom. The quantitative estimate of drug-likeness (QED) is 0.368. The number of carbonyl (C=O) groups is 1. The largest absolute Gasteiger partial charge is 0.468 e. The molecule has 2 aromatic rings. The summed E-state index contributed by atoms with van der Waals surface area (Å²) in [6.45, 7) is 2.04. The van der Waals surface area contributed by atoms with Crippen molar-refractivity contribution in [2.24, 2.45) is 21.7 Å². The summed E-state index contributed by atoms with van der Waals surface area (Å²) in [4.78, 5) is 12.2. The summed E-state index contributed by atoms with van der Waals surface area (Å²) in [6.07, 6.45) is 2.68. The Balaban J connectivity index is 0.00000243. The molecule has 1 unspecified atom stereocenters. The van der Waals surface area contributed by atoms with Crippen LogP contribution in [0.3, 0.4) is 0 Å². The van der Waals surface area contributed by atoms with Gasteiger partial charge in [-0.15, -0.1) is 17.5 Å². The fraction of sp³-hybridized carbons (Fsp3) is 0.278. The van der Waals surface area contributed by atoms with E-state index in [0.29, 0.717) is 35.4 Å². The maximum Gasteiger partial charge on any atom is 0.342 e. The normalized spacial score (nSPS) is 17.1. The van der Waals surface area contributed by atoms with Crippen LogP contribution < -0.4 is 11.5 Å². The van der Waals surface area contributed by atoms with Gasteiger partial charge in [0.2, 0.25) is 5.96 Å². The first kappa shape index (κ1) is 19.5. The fourth-order valence-electron chi connectivity index (χ4n) is 3.02. The van der Waals surface area contributed by atoms with Gasteiger partial charge in [-0.3, -0.25) is 0 Å². The van der Waals surface area contributed by atoms with E-state index in [4.69, 9.17) is 20.6 Å². The third kappa shape index (κ3) is 4.05. The number of nitrogens with two attached hydrogens (primary N) is 2. The number of hydrogen-bond acceptors (Lipinski definition) is 5. The lowest BCUT2D eigenvalue weighted by Gasteiger charge is -2.23. The lowest BCUT2D eigenvalue weighted by Crippen LogP contribution is -2.24. The van der Waals surface area contributed by atoms with Crippen LogP contribution in [0.15, 0.2) is 51.2 Å². The molecule has 0 fully saturated rings. The Hall–Kier alpha value is -2.80. The SMILES string of the molecule is CCOC(=O)c1coc2c1/C(=N\N=C(N)N)CC(c1ccccc1)C2.Cl. The Morgan fingerprint density at radius 1 is 1.27 bits per heavy atom. The number of ether oxygens (including phenoxy) is 1. The summed E-state index contributed by atoms with van der Waals surface area (Å²) in [7, 11) is 0. The van der Waals surface area contributed by atoms with Crippen molar-refractivity contribution in [3.05, 3.63) is 59.0 Å². The zero-order valence-corrected chi connectivity index (χ0v) is 15.2. The molecule has 0 saturated carbocycles. The van der Waals surface area contributed by atoms with Gasteiger partial charge in [0.25, 0.3) is 0 Å². The molecule has 1 aliphatic rings. The van der Waals surface area contributed by atoms with Crippen molar-refractivity contribution in [1.29, 1.82) is 0 Å². The lowest BCUT2D eigenvalue weighted by atomic mass is 9.81. The number of halogens is 1. The fourth-order valence-corrected chi connectivity index (χ4v) is 3.02. The van der Waals surface area contributed by atoms with Crippen molar-refractivity contribution in [3.63, 3.8) is 0 Å². The monoisotopic (exact) mass is 376 g/mol. The summed E-state index contributed by atoms with van der Waals surface area (Å²) >= 11 is 0. The highest BCUT2D eigenvalue weighted by atomic mass is 35.5. The standard InChI is InChI=1S/C18H20N4O3.ClH/c1-2-24-17(23)13-10-25-15-9-12(11-6-4-3-5-7-11)8-14(16(13)15)21-22-18(19)20;/h3-7,10,12H,2,8-9H2,1H3,(H4,19,20,22);1H/b21-14-;. The van der Waals surface area contributed by atoms with Crippen molar-refractivity contribution in [3.8, 4) is 0 Å². The van der Waals surface area contributed by atoms with E-state index < -0.39 is 5.97 Å². The molecule has 0 spiro atoms. The zero-order chi connectivity index (χ0) is 17.8. The first-order chi connectivity index (χ1) is 12.1. The maximum absolute atomic E-state index is 12.2. The molecule has 0 aliphatic heterocycles. The van der Waals surface area contributed by atoms with Crippen molar-refractivity contribution in [2.75, 3.05) is 6.61 Å². The van der Waals surface area contributed by atoms with Gasteiger partial charge in [0.05, 0.1) is 17.9 Å². The molecular formula is C18H21ClN4O3. The topological polar surface area (TPSA) is 116 Å². The molecule has 1 heterocycles. The lowest BCUT2D eigenvalue weighted by molar-refractivity contribution is 0.0525. The molecule has 0 radical (unpaired) electrons. The number of rotatable bonds is 4. The zero-order valence-electron chi connectivity index (χ0n) is 14.3. The molecule has 0 amide bonds. The summed E-state index contributed by atoms with van der Waals surface area (Å²) < 4.78 is 10.7. The van der Waals surface area contributed by atoms with Crippen LogP contribution >= 0.6 is 12.4 Å². The van der Waals surface area contributed by atoms with Gasteiger partial charge in [0.15, 0.2) is 0 Å². The highest BCUT2D eigenvalue weighted by Gasteiger charge is 2.32. The van der Waals surface area contributed by atoms with Crippen molar-refractivity contribution < 1.29 is 13.9 Å². The number of benzene rings is 1. The van der Waals surface area contributed by atoms with E-state index in [1.165, 1.54) is 11.8 Å². The van der Waals surface area contributed by atoms with Crippen molar-refractivity contribution in [2.45, 2.75) is 25.7 Å². The molecule has 138 valence electrons. The predicted octanol–water partition coefficient (Wildman–Crippen LogP) is 2.59. The minimum atomic E-state index is -0.442.